The Morgan fingerprint density at radius 1 is 1.23 bits per heavy atom. The number of benzene rings is 1. The predicted molar refractivity (Wildman–Crippen MR) is 123 cm³/mol. The predicted octanol–water partition coefficient (Wildman–Crippen LogP) is 3.75. The van der Waals surface area contributed by atoms with Crippen molar-refractivity contribution in [2.24, 2.45) is 5.92 Å². The normalized spacial score (nSPS) is 15.5. The van der Waals surface area contributed by atoms with Gasteiger partial charge in [-0.1, -0.05) is 12.1 Å². The van der Waals surface area contributed by atoms with Crippen molar-refractivity contribution in [3.05, 3.63) is 65.6 Å². The Hall–Kier alpha value is -2.28. The van der Waals surface area contributed by atoms with Gasteiger partial charge in [-0.15, -0.1) is 24.8 Å². The number of rotatable bonds is 6. The molecule has 0 radical (unpaired) electrons. The van der Waals surface area contributed by atoms with Gasteiger partial charge in [-0.3, -0.25) is 4.79 Å². The Morgan fingerprint density at radius 2 is 2.07 bits per heavy atom. The molecule has 8 heteroatoms. The lowest BCUT2D eigenvalue weighted by atomic mass is 10.1. The topological polar surface area (TPSA) is 58.9 Å². The Labute approximate surface area is 189 Å². The summed E-state index contributed by atoms with van der Waals surface area (Å²) in [5.41, 5.74) is 3.62. The lowest BCUT2D eigenvalue weighted by molar-refractivity contribution is 0.0786. The van der Waals surface area contributed by atoms with E-state index in [0.717, 1.165) is 37.4 Å². The highest BCUT2D eigenvalue weighted by Gasteiger charge is 2.26. The van der Waals surface area contributed by atoms with Gasteiger partial charge in [0.2, 0.25) is 0 Å². The number of carbonyl (C=O) groups is 1. The van der Waals surface area contributed by atoms with Crippen molar-refractivity contribution in [1.82, 2.24) is 19.6 Å². The maximum atomic E-state index is 12.8. The van der Waals surface area contributed by atoms with Crippen LogP contribution >= 0.6 is 24.8 Å². The molecule has 1 fully saturated rings. The number of imidazole rings is 1. The number of likely N-dealkylation sites (tertiary alicyclic amines) is 1. The Kier molecular flexibility index (Phi) is 8.53. The zero-order chi connectivity index (χ0) is 19.5. The van der Waals surface area contributed by atoms with E-state index < -0.39 is 0 Å². The number of aryl methyl sites for hydroxylation is 1. The number of aromatic nitrogens is 2. The van der Waals surface area contributed by atoms with Crippen LogP contribution in [0.15, 0.2) is 48.8 Å². The van der Waals surface area contributed by atoms with E-state index in [-0.39, 0.29) is 30.7 Å². The summed E-state index contributed by atoms with van der Waals surface area (Å²) >= 11 is 0. The molecule has 1 amide bonds. The van der Waals surface area contributed by atoms with E-state index >= 15 is 0 Å². The van der Waals surface area contributed by atoms with Gasteiger partial charge in [0.15, 0.2) is 0 Å². The maximum Gasteiger partial charge on any atom is 0.253 e. The molecule has 3 aromatic rings. The van der Waals surface area contributed by atoms with Crippen LogP contribution < -0.4 is 10.1 Å². The highest BCUT2D eigenvalue weighted by Crippen LogP contribution is 2.21. The number of hydrogen-bond donors (Lipinski definition) is 1. The molecule has 162 valence electrons. The van der Waals surface area contributed by atoms with Crippen LogP contribution in [0.25, 0.3) is 5.65 Å². The first-order chi connectivity index (χ1) is 13.6. The molecule has 4 rings (SSSR count). The van der Waals surface area contributed by atoms with Gasteiger partial charge < -0.3 is 19.4 Å². The van der Waals surface area contributed by atoms with E-state index in [1.165, 1.54) is 5.56 Å². The van der Waals surface area contributed by atoms with Gasteiger partial charge in [0.05, 0.1) is 5.69 Å². The van der Waals surface area contributed by atoms with Crippen molar-refractivity contribution in [3.8, 4) is 5.75 Å². The molecule has 2 aromatic heterocycles. The molecule has 0 saturated carbocycles. The number of nitrogens with zero attached hydrogens (tertiary/aromatic N) is 3. The van der Waals surface area contributed by atoms with E-state index in [4.69, 9.17) is 4.74 Å². The van der Waals surface area contributed by atoms with Crippen LogP contribution in [0.3, 0.4) is 0 Å². The van der Waals surface area contributed by atoms with Crippen molar-refractivity contribution in [2.45, 2.75) is 20.0 Å². The molecule has 1 aromatic carbocycles. The second-order valence-electron chi connectivity index (χ2n) is 7.48. The molecule has 1 aliphatic heterocycles. The average Bonchev–Trinajstić information content (AvgIpc) is 3.32. The van der Waals surface area contributed by atoms with E-state index in [0.29, 0.717) is 23.8 Å². The standard InChI is InChI=1S/C22H26N4O2.2ClH/c1-16-6-7-21-24-19(14-26(21)12-16)15-28-20-5-3-4-18(10-20)22(27)25-9-8-17(13-25)11-23-2;;/h3-7,10,12,14,17,23H,8-9,11,13,15H2,1-2H3;2*1H. The number of hydrogen-bond acceptors (Lipinski definition) is 4. The first-order valence-corrected chi connectivity index (χ1v) is 9.73. The molecule has 1 unspecified atom stereocenters. The minimum atomic E-state index is 0. The molecule has 3 heterocycles. The highest BCUT2D eigenvalue weighted by molar-refractivity contribution is 5.94. The van der Waals surface area contributed by atoms with Crippen LogP contribution in [-0.2, 0) is 6.61 Å². The molecular formula is C22H28Cl2N4O2. The lowest BCUT2D eigenvalue weighted by Gasteiger charge is -2.17. The molecule has 1 aliphatic rings. The van der Waals surface area contributed by atoms with Gasteiger partial charge in [-0.05, 0) is 62.7 Å². The van der Waals surface area contributed by atoms with Gasteiger partial charge in [0.25, 0.3) is 5.91 Å². The summed E-state index contributed by atoms with van der Waals surface area (Å²) < 4.78 is 7.91. The number of amides is 1. The van der Waals surface area contributed by atoms with Crippen molar-refractivity contribution >= 4 is 36.4 Å². The molecule has 0 bridgehead atoms. The number of carbonyl (C=O) groups excluding carboxylic acids is 1. The van der Waals surface area contributed by atoms with Crippen LogP contribution in [0.4, 0.5) is 0 Å². The van der Waals surface area contributed by atoms with E-state index in [2.05, 4.69) is 17.2 Å². The number of halogens is 2. The summed E-state index contributed by atoms with van der Waals surface area (Å²) in [6.07, 6.45) is 5.07. The summed E-state index contributed by atoms with van der Waals surface area (Å²) in [5.74, 6) is 1.30. The summed E-state index contributed by atoms with van der Waals surface area (Å²) in [6, 6.07) is 11.5. The highest BCUT2D eigenvalue weighted by atomic mass is 35.5. The molecule has 1 atom stereocenters. The first kappa shape index (κ1) is 24.0. The summed E-state index contributed by atoms with van der Waals surface area (Å²) in [6.45, 7) is 5.00. The SMILES string of the molecule is CNCC1CCN(C(=O)c2cccc(OCc3cn4cc(C)ccc4n3)c2)C1.Cl.Cl. The van der Waals surface area contributed by atoms with Crippen molar-refractivity contribution in [2.75, 3.05) is 26.7 Å². The summed E-state index contributed by atoms with van der Waals surface area (Å²) in [4.78, 5) is 19.3. The zero-order valence-electron chi connectivity index (χ0n) is 17.2. The summed E-state index contributed by atoms with van der Waals surface area (Å²) in [7, 11) is 1.95. The van der Waals surface area contributed by atoms with E-state index in [1.807, 2.05) is 65.1 Å². The van der Waals surface area contributed by atoms with E-state index in [1.54, 1.807) is 0 Å². The van der Waals surface area contributed by atoms with Crippen LogP contribution in [0.2, 0.25) is 0 Å². The minimum absolute atomic E-state index is 0. The Morgan fingerprint density at radius 3 is 2.87 bits per heavy atom. The van der Waals surface area contributed by atoms with Crippen molar-refractivity contribution in [3.63, 3.8) is 0 Å². The van der Waals surface area contributed by atoms with Crippen molar-refractivity contribution in [1.29, 1.82) is 0 Å². The molecule has 0 aliphatic carbocycles. The molecule has 30 heavy (non-hydrogen) atoms. The fourth-order valence-electron chi connectivity index (χ4n) is 3.76. The van der Waals surface area contributed by atoms with E-state index in [9.17, 15) is 4.79 Å². The zero-order valence-corrected chi connectivity index (χ0v) is 18.8. The number of fused-ring (bicyclic) bond motifs is 1. The van der Waals surface area contributed by atoms with Crippen LogP contribution in [0, 0.1) is 12.8 Å². The molecule has 6 nitrogen and oxygen atoms in total. The quantitative estimate of drug-likeness (QED) is 0.621. The van der Waals surface area contributed by atoms with Crippen LogP contribution in [0.5, 0.6) is 5.75 Å². The van der Waals surface area contributed by atoms with Gasteiger partial charge in [0, 0.05) is 31.0 Å². The maximum absolute atomic E-state index is 12.8. The number of ether oxygens (including phenoxy) is 1. The fraction of sp³-hybridized carbons (Fsp3) is 0.364. The summed E-state index contributed by atoms with van der Waals surface area (Å²) in [5, 5.41) is 3.20. The largest absolute Gasteiger partial charge is 0.487 e. The number of nitrogens with one attached hydrogen (secondary N) is 1. The minimum Gasteiger partial charge on any atom is -0.487 e. The third-order valence-corrected chi connectivity index (χ3v) is 5.18. The lowest BCUT2D eigenvalue weighted by Crippen LogP contribution is -2.30. The van der Waals surface area contributed by atoms with Crippen LogP contribution in [0.1, 0.15) is 28.0 Å². The van der Waals surface area contributed by atoms with Gasteiger partial charge in [-0.25, -0.2) is 4.98 Å². The average molecular weight is 451 g/mol. The molecule has 1 saturated heterocycles. The second kappa shape index (κ2) is 10.7. The molecule has 0 spiro atoms. The van der Waals surface area contributed by atoms with Crippen molar-refractivity contribution < 1.29 is 9.53 Å². The number of pyridine rings is 1. The first-order valence-electron chi connectivity index (χ1n) is 9.73. The fourth-order valence-corrected chi connectivity index (χ4v) is 3.76. The Balaban J connectivity index is 0.00000160. The third-order valence-electron chi connectivity index (χ3n) is 5.18. The smallest absolute Gasteiger partial charge is 0.253 e. The van der Waals surface area contributed by atoms with Gasteiger partial charge in [-0.2, -0.15) is 0 Å². The van der Waals surface area contributed by atoms with Crippen LogP contribution in [-0.4, -0.2) is 46.9 Å². The van der Waals surface area contributed by atoms with Gasteiger partial charge in [0.1, 0.15) is 18.0 Å². The second-order valence-corrected chi connectivity index (χ2v) is 7.48. The molecule has 1 N–H and O–H groups in total. The molecular weight excluding hydrogens is 423 g/mol. The Bertz CT molecular complexity index is 992. The van der Waals surface area contributed by atoms with Gasteiger partial charge >= 0.3 is 0 Å². The monoisotopic (exact) mass is 450 g/mol. The third kappa shape index (κ3) is 5.45.